The van der Waals surface area contributed by atoms with Crippen LogP contribution in [0.1, 0.15) is 27.9 Å². The molecule has 0 spiro atoms. The molecule has 0 radical (unpaired) electrons. The average molecular weight is 300 g/mol. The van der Waals surface area contributed by atoms with Gasteiger partial charge in [-0.2, -0.15) is 0 Å². The topological polar surface area (TPSA) is 51.2 Å². The first-order chi connectivity index (χ1) is 10.1. The Balaban J connectivity index is 1.86. The highest BCUT2D eigenvalue weighted by Gasteiger charge is 2.22. The minimum Gasteiger partial charge on any atom is -0.293 e. The van der Waals surface area contributed by atoms with Crippen LogP contribution in [0.3, 0.4) is 0 Å². The maximum Gasteiger partial charge on any atom is 0.185 e. The van der Waals surface area contributed by atoms with Gasteiger partial charge in [-0.3, -0.25) is 4.79 Å². The number of hydrogen-bond acceptors (Lipinski definition) is 3. The Kier molecular flexibility index (Phi) is 3.64. The van der Waals surface area contributed by atoms with E-state index in [9.17, 15) is 13.2 Å². The molecular formula is C17H16O3S. The third kappa shape index (κ3) is 2.90. The molecule has 3 rings (SSSR count). The highest BCUT2D eigenvalue weighted by Crippen LogP contribution is 2.25. The number of hydrogen-bond donors (Lipinski definition) is 0. The first-order valence-electron chi connectivity index (χ1n) is 6.99. The van der Waals surface area contributed by atoms with Crippen molar-refractivity contribution < 1.29 is 13.2 Å². The first-order valence-corrected chi connectivity index (χ1v) is 8.64. The highest BCUT2D eigenvalue weighted by atomic mass is 32.2. The summed E-state index contributed by atoms with van der Waals surface area (Å²) in [5.74, 6) is -0.841. The summed E-state index contributed by atoms with van der Waals surface area (Å²) in [5.41, 5.74) is 2.76. The van der Waals surface area contributed by atoms with Crippen LogP contribution in [-0.2, 0) is 22.7 Å². The zero-order chi connectivity index (χ0) is 14.9. The lowest BCUT2D eigenvalue weighted by atomic mass is 10.1. The molecular weight excluding hydrogens is 284 g/mol. The number of rotatable bonds is 4. The molecule has 0 amide bonds. The van der Waals surface area contributed by atoms with Crippen LogP contribution >= 0.6 is 0 Å². The minimum atomic E-state index is -3.58. The van der Waals surface area contributed by atoms with Crippen LogP contribution in [-0.4, -0.2) is 20.0 Å². The summed E-state index contributed by atoms with van der Waals surface area (Å²) in [6.07, 6.45) is 3.01. The quantitative estimate of drug-likeness (QED) is 0.816. The summed E-state index contributed by atoms with van der Waals surface area (Å²) in [5, 5.41) is 0. The van der Waals surface area contributed by atoms with Gasteiger partial charge >= 0.3 is 0 Å². The molecule has 0 N–H and O–H groups in total. The molecule has 0 saturated carbocycles. The standard InChI is InChI=1S/C17H16O3S/c18-17(14-5-2-1-3-6-14)12-21(19,20)16-10-9-13-7-4-8-15(13)11-16/h1-3,5-6,9-11H,4,7-8,12H2. The van der Waals surface area contributed by atoms with E-state index in [-0.39, 0.29) is 10.7 Å². The second-order valence-electron chi connectivity index (χ2n) is 5.33. The van der Waals surface area contributed by atoms with Crippen molar-refractivity contribution in [2.75, 3.05) is 5.75 Å². The molecule has 0 heterocycles. The number of sulfone groups is 1. The van der Waals surface area contributed by atoms with Crippen LogP contribution in [0.15, 0.2) is 53.4 Å². The van der Waals surface area contributed by atoms with Crippen LogP contribution in [0.25, 0.3) is 0 Å². The summed E-state index contributed by atoms with van der Waals surface area (Å²) < 4.78 is 24.8. The van der Waals surface area contributed by atoms with Crippen LogP contribution in [0.2, 0.25) is 0 Å². The predicted molar refractivity (Wildman–Crippen MR) is 81.3 cm³/mol. The highest BCUT2D eigenvalue weighted by molar-refractivity contribution is 7.92. The van der Waals surface area contributed by atoms with E-state index in [4.69, 9.17) is 0 Å². The van der Waals surface area contributed by atoms with Crippen molar-refractivity contribution in [3.05, 3.63) is 65.2 Å². The van der Waals surface area contributed by atoms with Gasteiger partial charge in [0, 0.05) is 5.56 Å². The van der Waals surface area contributed by atoms with Crippen LogP contribution < -0.4 is 0 Å². The molecule has 1 aliphatic rings. The number of carbonyl (C=O) groups excluding carboxylic acids is 1. The second-order valence-corrected chi connectivity index (χ2v) is 7.32. The van der Waals surface area contributed by atoms with Crippen LogP contribution in [0.5, 0.6) is 0 Å². The maximum absolute atomic E-state index is 12.4. The molecule has 3 nitrogen and oxygen atoms in total. The summed E-state index contributed by atoms with van der Waals surface area (Å²) in [7, 11) is -3.58. The van der Waals surface area contributed by atoms with Crippen molar-refractivity contribution in [3.8, 4) is 0 Å². The van der Waals surface area contributed by atoms with Gasteiger partial charge < -0.3 is 0 Å². The molecule has 1 aliphatic carbocycles. The molecule has 0 aliphatic heterocycles. The normalized spacial score (nSPS) is 13.9. The van der Waals surface area contributed by atoms with Gasteiger partial charge in [-0.15, -0.1) is 0 Å². The molecule has 108 valence electrons. The molecule has 0 bridgehead atoms. The Morgan fingerprint density at radius 3 is 2.43 bits per heavy atom. The Morgan fingerprint density at radius 2 is 1.67 bits per heavy atom. The van der Waals surface area contributed by atoms with E-state index in [0.717, 1.165) is 24.8 Å². The summed E-state index contributed by atoms with van der Waals surface area (Å²) in [4.78, 5) is 12.3. The first kappa shape index (κ1) is 14.0. The minimum absolute atomic E-state index is 0.257. The van der Waals surface area contributed by atoms with Gasteiger partial charge in [0.1, 0.15) is 5.75 Å². The van der Waals surface area contributed by atoms with Gasteiger partial charge in [0.2, 0.25) is 0 Å². The third-order valence-electron chi connectivity index (χ3n) is 3.85. The van der Waals surface area contributed by atoms with Crippen LogP contribution in [0, 0.1) is 0 Å². The third-order valence-corrected chi connectivity index (χ3v) is 5.46. The molecule has 2 aromatic rings. The van der Waals surface area contributed by atoms with Crippen molar-refractivity contribution in [3.63, 3.8) is 0 Å². The van der Waals surface area contributed by atoms with Gasteiger partial charge in [-0.1, -0.05) is 36.4 Å². The monoisotopic (exact) mass is 300 g/mol. The fraction of sp³-hybridized carbons (Fsp3) is 0.235. The molecule has 0 saturated heterocycles. The summed E-state index contributed by atoms with van der Waals surface area (Å²) in [6, 6.07) is 13.8. The maximum atomic E-state index is 12.4. The van der Waals surface area contributed by atoms with Gasteiger partial charge in [-0.25, -0.2) is 8.42 Å². The second kappa shape index (κ2) is 5.45. The van der Waals surface area contributed by atoms with Crippen molar-refractivity contribution in [1.29, 1.82) is 0 Å². The zero-order valence-electron chi connectivity index (χ0n) is 11.6. The number of carbonyl (C=O) groups is 1. The fourth-order valence-electron chi connectivity index (χ4n) is 2.70. The average Bonchev–Trinajstić information content (AvgIpc) is 2.95. The molecule has 2 aromatic carbocycles. The van der Waals surface area contributed by atoms with Crippen molar-refractivity contribution in [1.82, 2.24) is 0 Å². The number of aryl methyl sites for hydroxylation is 2. The van der Waals surface area contributed by atoms with Gasteiger partial charge in [0.15, 0.2) is 15.6 Å². The molecule has 21 heavy (non-hydrogen) atoms. The van der Waals surface area contributed by atoms with E-state index >= 15 is 0 Å². The molecule has 4 heteroatoms. The summed E-state index contributed by atoms with van der Waals surface area (Å²) in [6.45, 7) is 0. The Morgan fingerprint density at radius 1 is 0.952 bits per heavy atom. The Bertz CT molecular complexity index is 777. The van der Waals surface area contributed by atoms with E-state index < -0.39 is 15.6 Å². The van der Waals surface area contributed by atoms with Gasteiger partial charge in [0.05, 0.1) is 4.90 Å². The largest absolute Gasteiger partial charge is 0.293 e. The zero-order valence-corrected chi connectivity index (χ0v) is 12.4. The number of Topliss-reactive ketones (excluding diaryl/α,β-unsaturated/α-hetero) is 1. The van der Waals surface area contributed by atoms with E-state index in [1.807, 2.05) is 6.07 Å². The number of fused-ring (bicyclic) bond motifs is 1. The number of benzene rings is 2. The Hall–Kier alpha value is -1.94. The predicted octanol–water partition coefficient (Wildman–Crippen LogP) is 2.83. The molecule has 0 unspecified atom stereocenters. The SMILES string of the molecule is O=C(CS(=O)(=O)c1ccc2c(c1)CCC2)c1ccccc1. The lowest BCUT2D eigenvalue weighted by Crippen LogP contribution is -2.16. The van der Waals surface area contributed by atoms with E-state index in [2.05, 4.69) is 0 Å². The summed E-state index contributed by atoms with van der Waals surface area (Å²) >= 11 is 0. The fourth-order valence-corrected chi connectivity index (χ4v) is 3.98. The molecule has 0 aromatic heterocycles. The Labute approximate surface area is 124 Å². The van der Waals surface area contributed by atoms with Gasteiger partial charge in [0.25, 0.3) is 0 Å². The lowest BCUT2D eigenvalue weighted by Gasteiger charge is -2.06. The number of ketones is 1. The van der Waals surface area contributed by atoms with E-state index in [1.165, 1.54) is 5.56 Å². The molecule has 0 atom stereocenters. The van der Waals surface area contributed by atoms with Crippen molar-refractivity contribution in [2.24, 2.45) is 0 Å². The molecule has 0 fully saturated rings. The van der Waals surface area contributed by atoms with Crippen LogP contribution in [0.4, 0.5) is 0 Å². The lowest BCUT2D eigenvalue weighted by molar-refractivity contribution is 0.102. The van der Waals surface area contributed by atoms with E-state index in [1.54, 1.807) is 42.5 Å². The van der Waals surface area contributed by atoms with Gasteiger partial charge in [-0.05, 0) is 42.5 Å². The van der Waals surface area contributed by atoms with Crippen molar-refractivity contribution >= 4 is 15.6 Å². The van der Waals surface area contributed by atoms with E-state index in [0.29, 0.717) is 5.56 Å². The smallest absolute Gasteiger partial charge is 0.185 e. The van der Waals surface area contributed by atoms with Crippen molar-refractivity contribution in [2.45, 2.75) is 24.2 Å².